The molecule has 0 bridgehead atoms. The van der Waals surface area contributed by atoms with Crippen LogP contribution < -0.4 is 10.2 Å². The number of carbonyl (C=O) groups excluding carboxylic acids is 1. The van der Waals surface area contributed by atoms with E-state index in [1.807, 2.05) is 0 Å². The first-order valence-corrected chi connectivity index (χ1v) is 17.4. The summed E-state index contributed by atoms with van der Waals surface area (Å²) in [5.74, 6) is -0.273. The molecule has 0 heterocycles. The SMILES string of the molecule is C=C(C)C(=O)OC1CCC(Nc2ccc(C(=C3C=CC(=[N+](CC)CC)C=C3)c3ccc(N(CC)CC)cc3)c3c2CC=CC3)CC1. The van der Waals surface area contributed by atoms with Crippen molar-refractivity contribution in [3.05, 3.63) is 113 Å². The molecule has 3 aliphatic rings. The van der Waals surface area contributed by atoms with E-state index in [1.54, 1.807) is 6.92 Å². The number of esters is 1. The molecule has 2 aromatic carbocycles. The van der Waals surface area contributed by atoms with Crippen LogP contribution in [0.5, 0.6) is 0 Å². The first kappa shape index (κ1) is 33.2. The fourth-order valence-corrected chi connectivity index (χ4v) is 7.06. The summed E-state index contributed by atoms with van der Waals surface area (Å²) in [5, 5.41) is 3.90. The zero-order chi connectivity index (χ0) is 32.6. The Balaban J connectivity index is 1.50. The molecule has 1 N–H and O–H groups in total. The molecule has 0 atom stereocenters. The summed E-state index contributed by atoms with van der Waals surface area (Å²) >= 11 is 0. The smallest absolute Gasteiger partial charge is 0.333 e. The molecule has 3 aliphatic carbocycles. The molecule has 242 valence electrons. The van der Waals surface area contributed by atoms with Gasteiger partial charge in [0.1, 0.15) is 19.2 Å². The summed E-state index contributed by atoms with van der Waals surface area (Å²) in [7, 11) is 0. The summed E-state index contributed by atoms with van der Waals surface area (Å²) in [5.41, 5.74) is 12.1. The first-order valence-electron chi connectivity index (χ1n) is 17.4. The highest BCUT2D eigenvalue weighted by molar-refractivity contribution is 6.04. The third-order valence-corrected chi connectivity index (χ3v) is 9.74. The van der Waals surface area contributed by atoms with Gasteiger partial charge in [0, 0.05) is 48.2 Å². The second-order valence-corrected chi connectivity index (χ2v) is 12.6. The molecule has 0 amide bonds. The van der Waals surface area contributed by atoms with E-state index in [0.717, 1.165) is 64.7 Å². The average Bonchev–Trinajstić information content (AvgIpc) is 3.09. The minimum absolute atomic E-state index is 0.0140. The molecule has 0 aliphatic heterocycles. The first-order chi connectivity index (χ1) is 22.4. The Morgan fingerprint density at radius 1 is 0.870 bits per heavy atom. The molecule has 0 unspecified atom stereocenters. The fourth-order valence-electron chi connectivity index (χ4n) is 7.06. The highest BCUT2D eigenvalue weighted by Crippen LogP contribution is 2.39. The second-order valence-electron chi connectivity index (χ2n) is 12.6. The Bertz CT molecular complexity index is 1550. The lowest BCUT2D eigenvalue weighted by atomic mass is 9.82. The number of hydrogen-bond acceptors (Lipinski definition) is 4. The van der Waals surface area contributed by atoms with E-state index < -0.39 is 0 Å². The van der Waals surface area contributed by atoms with Gasteiger partial charge < -0.3 is 15.0 Å². The molecule has 0 saturated heterocycles. The Labute approximate surface area is 276 Å². The van der Waals surface area contributed by atoms with Crippen molar-refractivity contribution in [2.45, 2.75) is 85.3 Å². The number of hydrogen-bond donors (Lipinski definition) is 1. The van der Waals surface area contributed by atoms with Crippen molar-refractivity contribution >= 4 is 28.6 Å². The molecular weight excluding hydrogens is 566 g/mol. The zero-order valence-corrected chi connectivity index (χ0v) is 28.6. The normalized spacial score (nSPS) is 18.6. The van der Waals surface area contributed by atoms with E-state index in [1.165, 1.54) is 50.5 Å². The fraction of sp³-hybridized carbons (Fsp3) is 0.415. The predicted octanol–water partition coefficient (Wildman–Crippen LogP) is 8.45. The van der Waals surface area contributed by atoms with Gasteiger partial charge in [0.25, 0.3) is 0 Å². The summed E-state index contributed by atoms with van der Waals surface area (Å²) in [6, 6.07) is 14.2. The molecule has 0 spiro atoms. The van der Waals surface area contributed by atoms with Gasteiger partial charge in [0.15, 0.2) is 5.71 Å². The van der Waals surface area contributed by atoms with Crippen molar-refractivity contribution in [3.8, 4) is 0 Å². The molecule has 5 nitrogen and oxygen atoms in total. The third kappa shape index (κ3) is 7.46. The van der Waals surface area contributed by atoms with Crippen molar-refractivity contribution in [1.29, 1.82) is 0 Å². The number of allylic oxidation sites excluding steroid dienone is 7. The van der Waals surface area contributed by atoms with Crippen molar-refractivity contribution in [2.75, 3.05) is 36.4 Å². The maximum Gasteiger partial charge on any atom is 0.333 e. The zero-order valence-electron chi connectivity index (χ0n) is 28.6. The molecule has 1 fully saturated rings. The molecule has 5 heteroatoms. The van der Waals surface area contributed by atoms with Crippen LogP contribution in [0.25, 0.3) is 5.57 Å². The number of nitrogens with zero attached hydrogens (tertiary/aromatic N) is 2. The maximum atomic E-state index is 12.0. The molecule has 0 aromatic heterocycles. The average molecular weight is 619 g/mol. The van der Waals surface area contributed by atoms with Gasteiger partial charge in [-0.1, -0.05) is 36.9 Å². The van der Waals surface area contributed by atoms with Gasteiger partial charge >= 0.3 is 5.97 Å². The van der Waals surface area contributed by atoms with Crippen LogP contribution in [-0.2, 0) is 22.4 Å². The summed E-state index contributed by atoms with van der Waals surface area (Å²) in [6.45, 7) is 18.3. The van der Waals surface area contributed by atoms with Crippen LogP contribution in [-0.4, -0.2) is 54.6 Å². The summed E-state index contributed by atoms with van der Waals surface area (Å²) in [4.78, 5) is 14.4. The van der Waals surface area contributed by atoms with Crippen LogP contribution in [0.3, 0.4) is 0 Å². The highest BCUT2D eigenvalue weighted by atomic mass is 16.5. The Hall–Kier alpha value is -4.12. The molecule has 46 heavy (non-hydrogen) atoms. The van der Waals surface area contributed by atoms with E-state index >= 15 is 0 Å². The van der Waals surface area contributed by atoms with E-state index in [2.05, 4.69) is 122 Å². The van der Waals surface area contributed by atoms with Crippen molar-refractivity contribution in [3.63, 3.8) is 0 Å². The van der Waals surface area contributed by atoms with Gasteiger partial charge in [0.2, 0.25) is 0 Å². The monoisotopic (exact) mass is 618 g/mol. The van der Waals surface area contributed by atoms with E-state index in [9.17, 15) is 4.79 Å². The van der Waals surface area contributed by atoms with E-state index in [0.29, 0.717) is 11.6 Å². The topological polar surface area (TPSA) is 44.6 Å². The molecule has 5 rings (SSSR count). The number of nitrogens with one attached hydrogen (secondary N) is 1. The standard InChI is InChI=1S/C41H51N3O2/c1-7-43(8-2)33-21-15-30(16-22-33)40(31-17-23-34(24-18-31)44(9-3)10-4)38-27-28-39(37-14-12-11-13-36(37)38)42-32-19-25-35(26-20-32)46-41(45)29(5)6/h11-12,15-18,21-24,27-28,32,35H,5,7-10,13-14,19-20,25-26H2,1-4,6H3/p+1. The second kappa shape index (κ2) is 15.4. The van der Waals surface area contributed by atoms with Crippen molar-refractivity contribution in [2.24, 2.45) is 0 Å². The van der Waals surface area contributed by atoms with Gasteiger partial charge in [-0.3, -0.25) is 0 Å². The predicted molar refractivity (Wildman–Crippen MR) is 194 cm³/mol. The maximum absolute atomic E-state index is 12.0. The minimum Gasteiger partial charge on any atom is -0.459 e. The largest absolute Gasteiger partial charge is 0.459 e. The lowest BCUT2D eigenvalue weighted by Gasteiger charge is -2.31. The number of rotatable bonds is 11. The third-order valence-electron chi connectivity index (χ3n) is 9.74. The number of benzene rings is 2. The molecule has 1 saturated carbocycles. The quantitative estimate of drug-likeness (QED) is 0.119. The van der Waals surface area contributed by atoms with Crippen LogP contribution in [0.1, 0.15) is 82.6 Å². The van der Waals surface area contributed by atoms with Gasteiger partial charge in [-0.15, -0.1) is 0 Å². The van der Waals surface area contributed by atoms with Gasteiger partial charge in [-0.05, 0) is 137 Å². The molecular formula is C41H52N3O2+. The van der Waals surface area contributed by atoms with Gasteiger partial charge in [-0.25, -0.2) is 9.37 Å². The Morgan fingerprint density at radius 3 is 2.09 bits per heavy atom. The summed E-state index contributed by atoms with van der Waals surface area (Å²) < 4.78 is 8.05. The number of ether oxygens (including phenoxy) is 1. The van der Waals surface area contributed by atoms with Crippen LogP contribution in [0.4, 0.5) is 11.4 Å². The number of fused-ring (bicyclic) bond motifs is 1. The van der Waals surface area contributed by atoms with Gasteiger partial charge in [0.05, 0.1) is 0 Å². The highest BCUT2D eigenvalue weighted by Gasteiger charge is 2.26. The Kier molecular flexibility index (Phi) is 11.2. The van der Waals surface area contributed by atoms with Crippen LogP contribution >= 0.6 is 0 Å². The van der Waals surface area contributed by atoms with Crippen LogP contribution in [0.2, 0.25) is 0 Å². The minimum atomic E-state index is -0.273. The van der Waals surface area contributed by atoms with Crippen LogP contribution in [0.15, 0.2) is 90.6 Å². The Morgan fingerprint density at radius 2 is 1.50 bits per heavy atom. The van der Waals surface area contributed by atoms with Crippen molar-refractivity contribution < 1.29 is 14.1 Å². The lowest BCUT2D eigenvalue weighted by molar-refractivity contribution is -0.519. The number of anilines is 2. The van der Waals surface area contributed by atoms with Gasteiger partial charge in [-0.2, -0.15) is 0 Å². The molecule has 2 aromatic rings. The van der Waals surface area contributed by atoms with E-state index in [4.69, 9.17) is 4.74 Å². The summed E-state index contributed by atoms with van der Waals surface area (Å²) in [6.07, 6.45) is 19.3. The molecule has 0 radical (unpaired) electrons. The van der Waals surface area contributed by atoms with E-state index in [-0.39, 0.29) is 12.1 Å². The lowest BCUT2D eigenvalue weighted by Crippen LogP contribution is -2.31. The van der Waals surface area contributed by atoms with Crippen LogP contribution in [0, 0.1) is 0 Å². The van der Waals surface area contributed by atoms with Crippen molar-refractivity contribution in [1.82, 2.24) is 0 Å². The number of carbonyl (C=O) groups is 1.